The highest BCUT2D eigenvalue weighted by Gasteiger charge is 2.24. The number of rotatable bonds is 7. The van der Waals surface area contributed by atoms with Crippen molar-refractivity contribution in [2.75, 3.05) is 13.1 Å². The van der Waals surface area contributed by atoms with Gasteiger partial charge < -0.3 is 16.4 Å². The van der Waals surface area contributed by atoms with Gasteiger partial charge in [-0.1, -0.05) is 13.3 Å². The maximum atomic E-state index is 11.5. The lowest BCUT2D eigenvalue weighted by atomic mass is 9.85. The van der Waals surface area contributed by atoms with E-state index >= 15 is 0 Å². The fourth-order valence-corrected chi connectivity index (χ4v) is 1.71. The standard InChI is InChI=1S/C13H26N4O/c1-3-10(2)17-13(14)16-9-5-8-15-12(18)11-6-4-7-11/h10-11H,3-9H2,1-2H3,(H,15,18)(H3,14,16,17). The molecule has 18 heavy (non-hydrogen) atoms. The van der Waals surface area contributed by atoms with Crippen LogP contribution in [-0.4, -0.2) is 31.0 Å². The van der Waals surface area contributed by atoms with Gasteiger partial charge in [-0.25, -0.2) is 0 Å². The minimum Gasteiger partial charge on any atom is -0.370 e. The van der Waals surface area contributed by atoms with E-state index in [0.717, 1.165) is 25.7 Å². The molecule has 0 aromatic rings. The highest BCUT2D eigenvalue weighted by Crippen LogP contribution is 2.25. The van der Waals surface area contributed by atoms with Crippen LogP contribution in [0, 0.1) is 5.92 Å². The summed E-state index contributed by atoms with van der Waals surface area (Å²) in [5.41, 5.74) is 5.72. The van der Waals surface area contributed by atoms with Gasteiger partial charge >= 0.3 is 0 Å². The van der Waals surface area contributed by atoms with Crippen molar-refractivity contribution < 1.29 is 4.79 Å². The Bertz CT molecular complexity index is 287. The number of guanidine groups is 1. The molecule has 0 aromatic heterocycles. The first-order valence-electron chi connectivity index (χ1n) is 6.97. The summed E-state index contributed by atoms with van der Waals surface area (Å²) >= 11 is 0. The molecule has 104 valence electrons. The summed E-state index contributed by atoms with van der Waals surface area (Å²) in [6.07, 6.45) is 5.15. The van der Waals surface area contributed by atoms with Gasteiger partial charge in [0.1, 0.15) is 0 Å². The van der Waals surface area contributed by atoms with Crippen LogP contribution in [0.4, 0.5) is 0 Å². The molecular weight excluding hydrogens is 228 g/mol. The average molecular weight is 254 g/mol. The summed E-state index contributed by atoms with van der Waals surface area (Å²) in [7, 11) is 0. The molecule has 1 aliphatic rings. The predicted molar refractivity (Wildman–Crippen MR) is 74.3 cm³/mol. The molecule has 0 aliphatic heterocycles. The van der Waals surface area contributed by atoms with Gasteiger partial charge in [-0.05, 0) is 32.6 Å². The lowest BCUT2D eigenvalue weighted by molar-refractivity contribution is -0.127. The number of nitrogens with two attached hydrogens (primary N) is 1. The Morgan fingerprint density at radius 3 is 2.78 bits per heavy atom. The maximum absolute atomic E-state index is 11.5. The summed E-state index contributed by atoms with van der Waals surface area (Å²) in [6, 6.07) is 0.354. The maximum Gasteiger partial charge on any atom is 0.223 e. The number of amides is 1. The predicted octanol–water partition coefficient (Wildman–Crippen LogP) is 0.996. The minimum atomic E-state index is 0.205. The molecule has 0 heterocycles. The Kier molecular flexibility index (Phi) is 6.54. The number of carbonyl (C=O) groups is 1. The van der Waals surface area contributed by atoms with Crippen molar-refractivity contribution in [3.63, 3.8) is 0 Å². The van der Waals surface area contributed by atoms with Crippen LogP contribution in [-0.2, 0) is 4.79 Å². The van der Waals surface area contributed by atoms with Crippen molar-refractivity contribution in [3.05, 3.63) is 0 Å². The highest BCUT2D eigenvalue weighted by atomic mass is 16.1. The summed E-state index contributed by atoms with van der Waals surface area (Å²) in [5.74, 6) is 0.969. The Morgan fingerprint density at radius 1 is 1.50 bits per heavy atom. The van der Waals surface area contributed by atoms with Gasteiger partial charge in [0.15, 0.2) is 5.96 Å². The summed E-state index contributed by atoms with van der Waals surface area (Å²) in [4.78, 5) is 15.7. The molecule has 0 spiro atoms. The largest absolute Gasteiger partial charge is 0.370 e. The normalized spacial score (nSPS) is 18.0. The van der Waals surface area contributed by atoms with E-state index in [1.165, 1.54) is 6.42 Å². The topological polar surface area (TPSA) is 79.5 Å². The summed E-state index contributed by atoms with van der Waals surface area (Å²) < 4.78 is 0. The first-order valence-corrected chi connectivity index (χ1v) is 6.97. The van der Waals surface area contributed by atoms with E-state index in [9.17, 15) is 4.79 Å². The van der Waals surface area contributed by atoms with E-state index in [1.807, 2.05) is 0 Å². The molecule has 1 amide bonds. The molecule has 4 N–H and O–H groups in total. The zero-order valence-electron chi connectivity index (χ0n) is 11.5. The van der Waals surface area contributed by atoms with E-state index in [1.54, 1.807) is 0 Å². The van der Waals surface area contributed by atoms with Crippen LogP contribution in [0.3, 0.4) is 0 Å². The molecule has 1 aliphatic carbocycles. The fraction of sp³-hybridized carbons (Fsp3) is 0.846. The molecule has 1 unspecified atom stereocenters. The molecule has 0 bridgehead atoms. The zero-order valence-corrected chi connectivity index (χ0v) is 11.5. The van der Waals surface area contributed by atoms with E-state index in [-0.39, 0.29) is 11.8 Å². The molecule has 1 fully saturated rings. The van der Waals surface area contributed by atoms with Gasteiger partial charge in [0, 0.05) is 25.0 Å². The van der Waals surface area contributed by atoms with Gasteiger partial charge in [0.2, 0.25) is 5.91 Å². The van der Waals surface area contributed by atoms with Gasteiger partial charge in [0.05, 0.1) is 0 Å². The Morgan fingerprint density at radius 2 is 2.22 bits per heavy atom. The summed E-state index contributed by atoms with van der Waals surface area (Å²) in [5, 5.41) is 6.05. The SMILES string of the molecule is CCC(C)NC(N)=NCCCNC(=O)C1CCC1. The van der Waals surface area contributed by atoms with Crippen LogP contribution in [0.1, 0.15) is 46.0 Å². The van der Waals surface area contributed by atoms with E-state index in [0.29, 0.717) is 25.1 Å². The minimum absolute atomic E-state index is 0.205. The van der Waals surface area contributed by atoms with Crippen molar-refractivity contribution in [1.29, 1.82) is 0 Å². The van der Waals surface area contributed by atoms with E-state index in [4.69, 9.17) is 5.73 Å². The van der Waals surface area contributed by atoms with Gasteiger partial charge in [0.25, 0.3) is 0 Å². The molecule has 1 saturated carbocycles. The number of hydrogen-bond donors (Lipinski definition) is 3. The van der Waals surface area contributed by atoms with E-state index in [2.05, 4.69) is 29.5 Å². The number of hydrogen-bond acceptors (Lipinski definition) is 2. The number of aliphatic imine (C=N–C) groups is 1. The molecule has 5 nitrogen and oxygen atoms in total. The second-order valence-electron chi connectivity index (χ2n) is 4.99. The van der Waals surface area contributed by atoms with E-state index < -0.39 is 0 Å². The van der Waals surface area contributed by atoms with Crippen LogP contribution in [0.25, 0.3) is 0 Å². The Balaban J connectivity index is 2.03. The first-order chi connectivity index (χ1) is 8.63. The lowest BCUT2D eigenvalue weighted by Gasteiger charge is -2.23. The Labute approximate surface area is 110 Å². The van der Waals surface area contributed by atoms with Crippen molar-refractivity contribution in [1.82, 2.24) is 10.6 Å². The third-order valence-electron chi connectivity index (χ3n) is 3.40. The third kappa shape index (κ3) is 5.38. The van der Waals surface area contributed by atoms with Crippen LogP contribution < -0.4 is 16.4 Å². The molecular formula is C13H26N4O. The third-order valence-corrected chi connectivity index (χ3v) is 3.40. The number of carbonyl (C=O) groups excluding carboxylic acids is 1. The fourth-order valence-electron chi connectivity index (χ4n) is 1.71. The quantitative estimate of drug-likeness (QED) is 0.360. The molecule has 1 atom stereocenters. The van der Waals surface area contributed by atoms with Gasteiger partial charge in [-0.2, -0.15) is 0 Å². The molecule has 0 saturated heterocycles. The first kappa shape index (κ1) is 14.8. The Hall–Kier alpha value is -1.26. The lowest BCUT2D eigenvalue weighted by Crippen LogP contribution is -2.38. The average Bonchev–Trinajstić information content (AvgIpc) is 2.26. The zero-order chi connectivity index (χ0) is 13.4. The van der Waals surface area contributed by atoms with Crippen LogP contribution in [0.15, 0.2) is 4.99 Å². The second-order valence-corrected chi connectivity index (χ2v) is 4.99. The van der Waals surface area contributed by atoms with Crippen LogP contribution >= 0.6 is 0 Å². The van der Waals surface area contributed by atoms with Gasteiger partial charge in [-0.15, -0.1) is 0 Å². The smallest absolute Gasteiger partial charge is 0.223 e. The van der Waals surface area contributed by atoms with Crippen molar-refractivity contribution >= 4 is 11.9 Å². The van der Waals surface area contributed by atoms with Crippen LogP contribution in [0.5, 0.6) is 0 Å². The number of nitrogens with one attached hydrogen (secondary N) is 2. The van der Waals surface area contributed by atoms with Crippen molar-refractivity contribution in [2.45, 2.75) is 52.0 Å². The molecule has 5 heteroatoms. The van der Waals surface area contributed by atoms with Crippen LogP contribution in [0.2, 0.25) is 0 Å². The van der Waals surface area contributed by atoms with Crippen molar-refractivity contribution in [2.24, 2.45) is 16.6 Å². The summed E-state index contributed by atoms with van der Waals surface area (Å²) in [6.45, 7) is 5.51. The molecule has 0 aromatic carbocycles. The van der Waals surface area contributed by atoms with Crippen molar-refractivity contribution in [3.8, 4) is 0 Å². The monoisotopic (exact) mass is 254 g/mol. The second kappa shape index (κ2) is 7.95. The number of nitrogens with zero attached hydrogens (tertiary/aromatic N) is 1. The van der Waals surface area contributed by atoms with Gasteiger partial charge in [-0.3, -0.25) is 9.79 Å². The molecule has 1 rings (SSSR count). The highest BCUT2D eigenvalue weighted by molar-refractivity contribution is 5.79. The molecule has 0 radical (unpaired) electrons.